The lowest BCUT2D eigenvalue weighted by Gasteiger charge is -2.37. The molecule has 0 saturated carbocycles. The van der Waals surface area contributed by atoms with Crippen molar-refractivity contribution in [2.75, 3.05) is 46.3 Å². The van der Waals surface area contributed by atoms with Crippen molar-refractivity contribution in [1.82, 2.24) is 24.0 Å². The van der Waals surface area contributed by atoms with Gasteiger partial charge in [0.05, 0.1) is 22.5 Å². The van der Waals surface area contributed by atoms with Gasteiger partial charge in [-0.2, -0.15) is 17.5 Å². The first-order chi connectivity index (χ1) is 19.5. The molecule has 1 N–H and O–H groups in total. The molecule has 220 valence electrons. The molecule has 2 aliphatic rings. The number of aromatic nitrogens is 1. The highest BCUT2D eigenvalue weighted by Crippen LogP contribution is 2.36. The fourth-order valence-electron chi connectivity index (χ4n) is 5.54. The number of nitrogens with zero attached hydrogens (tertiary/aromatic N) is 4. The van der Waals surface area contributed by atoms with Gasteiger partial charge < -0.3 is 14.8 Å². The first-order valence-electron chi connectivity index (χ1n) is 13.6. The van der Waals surface area contributed by atoms with Gasteiger partial charge in [-0.25, -0.2) is 8.42 Å². The number of benzene rings is 2. The quantitative estimate of drug-likeness (QED) is 0.433. The molecule has 1 aromatic heterocycles. The Morgan fingerprint density at radius 2 is 1.68 bits per heavy atom. The number of alkyl halides is 3. The Labute approximate surface area is 238 Å². The van der Waals surface area contributed by atoms with Crippen LogP contribution in [0.5, 0.6) is 0 Å². The Morgan fingerprint density at radius 1 is 0.951 bits per heavy atom. The van der Waals surface area contributed by atoms with E-state index in [1.165, 1.54) is 0 Å². The third-order valence-electron chi connectivity index (χ3n) is 7.84. The van der Waals surface area contributed by atoms with E-state index in [1.807, 2.05) is 41.1 Å². The van der Waals surface area contributed by atoms with Gasteiger partial charge in [-0.3, -0.25) is 9.69 Å². The Hall–Kier alpha value is -3.19. The highest BCUT2D eigenvalue weighted by atomic mass is 32.2. The summed E-state index contributed by atoms with van der Waals surface area (Å²) in [5.74, 6) is -0.336. The van der Waals surface area contributed by atoms with Crippen LogP contribution in [0.25, 0.3) is 0 Å². The number of sulfonamides is 1. The van der Waals surface area contributed by atoms with Gasteiger partial charge in [0, 0.05) is 64.1 Å². The summed E-state index contributed by atoms with van der Waals surface area (Å²) in [5.41, 5.74) is 0.528. The zero-order chi connectivity index (χ0) is 29.2. The minimum Gasteiger partial charge on any atom is -0.349 e. The van der Waals surface area contributed by atoms with Gasteiger partial charge in [-0.05, 0) is 42.9 Å². The number of hydrogen-bond acceptors (Lipinski definition) is 5. The van der Waals surface area contributed by atoms with Crippen LogP contribution < -0.4 is 5.32 Å². The van der Waals surface area contributed by atoms with Crippen molar-refractivity contribution in [3.8, 4) is 0 Å². The van der Waals surface area contributed by atoms with Crippen LogP contribution in [0.4, 0.5) is 13.2 Å². The summed E-state index contributed by atoms with van der Waals surface area (Å²) in [6, 6.07) is 15.7. The fraction of sp³-hybridized carbons (Fsp3) is 0.414. The highest BCUT2D eigenvalue weighted by Gasteiger charge is 2.39. The predicted octanol–water partition coefficient (Wildman–Crippen LogP) is 3.75. The van der Waals surface area contributed by atoms with E-state index >= 15 is 0 Å². The monoisotopic (exact) mass is 589 g/mol. The predicted molar refractivity (Wildman–Crippen MR) is 148 cm³/mol. The smallest absolute Gasteiger partial charge is 0.349 e. The van der Waals surface area contributed by atoms with Crippen molar-refractivity contribution in [2.24, 2.45) is 0 Å². The SMILES string of the molecule is CN1CCN(CC(NC(=O)CC2c3cccn3CCN2S(=O)(=O)c2cccc(C(F)(F)F)c2)c2ccccc2)CC1. The number of carbonyl (C=O) groups is 1. The molecule has 2 aromatic carbocycles. The molecule has 2 unspecified atom stereocenters. The molecule has 3 heterocycles. The topological polar surface area (TPSA) is 77.9 Å². The van der Waals surface area contributed by atoms with E-state index in [0.717, 1.165) is 54.2 Å². The Kier molecular flexibility index (Phi) is 8.55. The number of likely N-dealkylation sites (N-methyl/N-ethyl adjacent to an activating group) is 1. The maximum Gasteiger partial charge on any atom is 0.416 e. The van der Waals surface area contributed by atoms with Crippen LogP contribution in [0.3, 0.4) is 0 Å². The van der Waals surface area contributed by atoms with Crippen LogP contribution in [0.1, 0.15) is 35.3 Å². The molecule has 1 fully saturated rings. The van der Waals surface area contributed by atoms with Gasteiger partial charge in [0.25, 0.3) is 0 Å². The third-order valence-corrected chi connectivity index (χ3v) is 9.74. The molecule has 3 aromatic rings. The average molecular weight is 590 g/mol. The first kappa shape index (κ1) is 29.3. The van der Waals surface area contributed by atoms with Gasteiger partial charge in [-0.1, -0.05) is 36.4 Å². The zero-order valence-electron chi connectivity index (χ0n) is 22.8. The van der Waals surface area contributed by atoms with Crippen molar-refractivity contribution in [1.29, 1.82) is 0 Å². The van der Waals surface area contributed by atoms with E-state index in [-0.39, 0.29) is 24.9 Å². The van der Waals surface area contributed by atoms with Gasteiger partial charge in [0.15, 0.2) is 0 Å². The lowest BCUT2D eigenvalue weighted by atomic mass is 10.0. The molecule has 1 amide bonds. The molecule has 2 aliphatic heterocycles. The Balaban J connectivity index is 1.39. The molecule has 8 nitrogen and oxygen atoms in total. The molecule has 2 atom stereocenters. The normalized spacial score (nSPS) is 20.0. The Morgan fingerprint density at radius 3 is 2.39 bits per heavy atom. The summed E-state index contributed by atoms with van der Waals surface area (Å²) in [4.78, 5) is 17.7. The molecular formula is C29H34F3N5O3S. The van der Waals surface area contributed by atoms with Crippen molar-refractivity contribution < 1.29 is 26.4 Å². The largest absolute Gasteiger partial charge is 0.416 e. The number of rotatable bonds is 8. The molecule has 1 saturated heterocycles. The molecule has 0 aliphatic carbocycles. The van der Waals surface area contributed by atoms with Crippen molar-refractivity contribution >= 4 is 15.9 Å². The summed E-state index contributed by atoms with van der Waals surface area (Å²) in [7, 11) is -2.27. The van der Waals surface area contributed by atoms with Crippen molar-refractivity contribution in [3.63, 3.8) is 0 Å². The van der Waals surface area contributed by atoms with Gasteiger partial charge in [0.2, 0.25) is 15.9 Å². The maximum absolute atomic E-state index is 13.7. The molecule has 0 radical (unpaired) electrons. The third kappa shape index (κ3) is 6.66. The van der Waals surface area contributed by atoms with Gasteiger partial charge in [0.1, 0.15) is 0 Å². The van der Waals surface area contributed by atoms with E-state index in [9.17, 15) is 26.4 Å². The minimum atomic E-state index is -4.68. The molecule has 41 heavy (non-hydrogen) atoms. The van der Waals surface area contributed by atoms with E-state index in [1.54, 1.807) is 12.1 Å². The zero-order valence-corrected chi connectivity index (χ0v) is 23.6. The van der Waals surface area contributed by atoms with E-state index < -0.39 is 32.7 Å². The number of halogens is 3. The van der Waals surface area contributed by atoms with Crippen LogP contribution in [-0.2, 0) is 27.5 Å². The minimum absolute atomic E-state index is 0.0294. The van der Waals surface area contributed by atoms with Crippen molar-refractivity contribution in [2.45, 2.75) is 36.1 Å². The lowest BCUT2D eigenvalue weighted by molar-refractivity contribution is -0.137. The van der Waals surface area contributed by atoms with Crippen LogP contribution >= 0.6 is 0 Å². The van der Waals surface area contributed by atoms with E-state index in [0.29, 0.717) is 24.8 Å². The second-order valence-electron chi connectivity index (χ2n) is 10.6. The summed E-state index contributed by atoms with van der Waals surface area (Å²) in [6.07, 6.45) is -3.04. The van der Waals surface area contributed by atoms with Crippen LogP contribution in [-0.4, -0.2) is 79.3 Å². The van der Waals surface area contributed by atoms with Gasteiger partial charge in [-0.15, -0.1) is 0 Å². The summed E-state index contributed by atoms with van der Waals surface area (Å²) in [5, 5.41) is 3.13. The second-order valence-corrected chi connectivity index (χ2v) is 12.5. The second kappa shape index (κ2) is 12.0. The number of nitrogens with one attached hydrogen (secondary N) is 1. The maximum atomic E-state index is 13.7. The molecule has 0 bridgehead atoms. The van der Waals surface area contributed by atoms with Crippen molar-refractivity contribution in [3.05, 3.63) is 89.7 Å². The highest BCUT2D eigenvalue weighted by molar-refractivity contribution is 7.89. The molecule has 12 heteroatoms. The van der Waals surface area contributed by atoms with Crippen LogP contribution in [0, 0.1) is 0 Å². The number of carbonyl (C=O) groups excluding carboxylic acids is 1. The van der Waals surface area contributed by atoms with E-state index in [4.69, 9.17) is 0 Å². The number of piperazine rings is 1. The van der Waals surface area contributed by atoms with Crippen LogP contribution in [0.2, 0.25) is 0 Å². The van der Waals surface area contributed by atoms with Crippen LogP contribution in [0.15, 0.2) is 77.8 Å². The lowest BCUT2D eigenvalue weighted by Crippen LogP contribution is -2.48. The first-order valence-corrected chi connectivity index (χ1v) is 15.1. The summed E-state index contributed by atoms with van der Waals surface area (Å²) in [6.45, 7) is 4.56. The van der Waals surface area contributed by atoms with E-state index in [2.05, 4.69) is 22.2 Å². The van der Waals surface area contributed by atoms with Gasteiger partial charge >= 0.3 is 6.18 Å². The summed E-state index contributed by atoms with van der Waals surface area (Å²) >= 11 is 0. The summed E-state index contributed by atoms with van der Waals surface area (Å²) < 4.78 is 70.6. The molecule has 5 rings (SSSR count). The number of amides is 1. The standard InChI is InChI=1S/C29H34F3N5O3S/c1-34-13-15-35(16-14-34)21-25(22-7-3-2-4-8-22)33-28(38)20-27-26-11-6-12-36(26)17-18-37(27)41(39,40)24-10-5-9-23(19-24)29(30,31)32/h2-12,19,25,27H,13-18,20-21H2,1H3,(H,33,38). The Bertz CT molecular complexity index is 1450. The number of hydrogen-bond donors (Lipinski definition) is 1. The number of fused-ring (bicyclic) bond motifs is 1. The average Bonchev–Trinajstić information content (AvgIpc) is 3.44. The molecular weight excluding hydrogens is 555 g/mol. The molecule has 0 spiro atoms. The fourth-order valence-corrected chi connectivity index (χ4v) is 7.18.